The Balaban J connectivity index is 2.23. The summed E-state index contributed by atoms with van der Waals surface area (Å²) in [6.07, 6.45) is 1.87. The second kappa shape index (κ2) is 7.58. The fraction of sp³-hybridized carbons (Fsp3) is 0.357. The number of anilines is 1. The highest BCUT2D eigenvalue weighted by Crippen LogP contribution is 2.23. The van der Waals surface area contributed by atoms with Gasteiger partial charge in [0.1, 0.15) is 16.4 Å². The molecule has 2 aromatic heterocycles. The van der Waals surface area contributed by atoms with E-state index >= 15 is 0 Å². The molecule has 8 nitrogen and oxygen atoms in total. The van der Waals surface area contributed by atoms with Gasteiger partial charge in [0.2, 0.25) is 0 Å². The van der Waals surface area contributed by atoms with Crippen LogP contribution in [-0.2, 0) is 5.75 Å². The smallest absolute Gasteiger partial charge is 0.276 e. The number of carbonyl (C=O) groups is 2. The molecule has 0 aliphatic heterocycles. The second-order valence-electron chi connectivity index (χ2n) is 5.10. The molecule has 2 aromatic rings. The number of rotatable bonds is 5. The molecule has 0 spiro atoms. The molecule has 2 amide bonds. The minimum atomic E-state index is -0.541. The van der Waals surface area contributed by atoms with Crippen LogP contribution in [0.25, 0.3) is 0 Å². The molecule has 0 fully saturated rings. The first kappa shape index (κ1) is 18.1. The predicted octanol–water partition coefficient (Wildman–Crippen LogP) is 1.35. The topological polar surface area (TPSA) is 108 Å². The van der Waals surface area contributed by atoms with Crippen molar-refractivity contribution in [2.45, 2.75) is 12.7 Å². The Kier molecular flexibility index (Phi) is 5.73. The lowest BCUT2D eigenvalue weighted by Crippen LogP contribution is -2.21. The number of aromatic amines is 1. The minimum absolute atomic E-state index is 0.0103. The highest BCUT2D eigenvalue weighted by Gasteiger charge is 2.19. The number of amides is 2. The molecule has 0 aliphatic carbocycles. The number of thioether (sulfide) groups is 1. The average molecular weight is 367 g/mol. The van der Waals surface area contributed by atoms with Gasteiger partial charge in [0.15, 0.2) is 5.13 Å². The molecular weight excluding hydrogens is 350 g/mol. The average Bonchev–Trinajstić information content (AvgIpc) is 2.86. The molecular formula is C14H17N5O3S2. The van der Waals surface area contributed by atoms with E-state index in [1.165, 1.54) is 16.7 Å². The first-order chi connectivity index (χ1) is 11.3. The molecule has 0 saturated heterocycles. The fourth-order valence-corrected chi connectivity index (χ4v) is 3.24. The molecule has 24 heavy (non-hydrogen) atoms. The maximum Gasteiger partial charge on any atom is 0.276 e. The summed E-state index contributed by atoms with van der Waals surface area (Å²) in [7, 11) is 3.29. The molecule has 0 aromatic carbocycles. The summed E-state index contributed by atoms with van der Waals surface area (Å²) in [5.41, 5.74) is 0.157. The van der Waals surface area contributed by atoms with E-state index in [0.717, 1.165) is 17.4 Å². The predicted molar refractivity (Wildman–Crippen MR) is 94.9 cm³/mol. The molecule has 128 valence electrons. The van der Waals surface area contributed by atoms with Crippen molar-refractivity contribution < 1.29 is 9.59 Å². The number of carbonyl (C=O) groups excluding carboxylic acids is 2. The summed E-state index contributed by atoms with van der Waals surface area (Å²) in [6.45, 7) is 1.70. The zero-order valence-corrected chi connectivity index (χ0v) is 15.3. The quantitative estimate of drug-likeness (QED) is 0.826. The maximum atomic E-state index is 12.3. The van der Waals surface area contributed by atoms with Crippen molar-refractivity contribution in [2.75, 3.05) is 25.7 Å². The van der Waals surface area contributed by atoms with E-state index in [1.54, 1.807) is 21.0 Å². The number of hydrogen-bond acceptors (Lipinski definition) is 7. The van der Waals surface area contributed by atoms with Gasteiger partial charge in [-0.05, 0) is 13.2 Å². The summed E-state index contributed by atoms with van der Waals surface area (Å²) in [5, 5.41) is 2.87. The minimum Gasteiger partial charge on any atom is -0.344 e. The Morgan fingerprint density at radius 3 is 2.71 bits per heavy atom. The van der Waals surface area contributed by atoms with Gasteiger partial charge in [-0.3, -0.25) is 19.7 Å². The van der Waals surface area contributed by atoms with Crippen LogP contribution in [0.4, 0.5) is 5.13 Å². The van der Waals surface area contributed by atoms with E-state index in [2.05, 4.69) is 20.3 Å². The third-order valence-corrected chi connectivity index (χ3v) is 4.54. The van der Waals surface area contributed by atoms with Gasteiger partial charge >= 0.3 is 0 Å². The van der Waals surface area contributed by atoms with Crippen molar-refractivity contribution in [2.24, 2.45) is 0 Å². The molecule has 10 heteroatoms. The van der Waals surface area contributed by atoms with Crippen LogP contribution in [0.2, 0.25) is 0 Å². The SMILES string of the molecule is CSCc1nc(C(=O)Nc2nc(C)c(C(=O)N(C)C)s2)cc(=O)[nH]1. The van der Waals surface area contributed by atoms with Crippen molar-refractivity contribution in [3.63, 3.8) is 0 Å². The summed E-state index contributed by atoms with van der Waals surface area (Å²) in [6, 6.07) is 1.13. The third-order valence-electron chi connectivity index (χ3n) is 2.92. The number of H-pyrrole nitrogens is 1. The van der Waals surface area contributed by atoms with Gasteiger partial charge in [0.05, 0.1) is 11.4 Å². The van der Waals surface area contributed by atoms with E-state index in [9.17, 15) is 14.4 Å². The summed E-state index contributed by atoms with van der Waals surface area (Å²) >= 11 is 2.57. The lowest BCUT2D eigenvalue weighted by Gasteiger charge is -2.07. The van der Waals surface area contributed by atoms with Crippen LogP contribution in [0.3, 0.4) is 0 Å². The van der Waals surface area contributed by atoms with Gasteiger partial charge in [0, 0.05) is 20.2 Å². The van der Waals surface area contributed by atoms with Crippen molar-refractivity contribution in [3.05, 3.63) is 38.5 Å². The van der Waals surface area contributed by atoms with Crippen LogP contribution in [0.1, 0.15) is 31.7 Å². The largest absolute Gasteiger partial charge is 0.344 e. The number of nitrogens with one attached hydrogen (secondary N) is 2. The number of aryl methyl sites for hydroxylation is 1. The number of hydrogen-bond donors (Lipinski definition) is 2. The van der Waals surface area contributed by atoms with Crippen molar-refractivity contribution in [3.8, 4) is 0 Å². The third kappa shape index (κ3) is 4.20. The summed E-state index contributed by atoms with van der Waals surface area (Å²) < 4.78 is 0. The molecule has 0 unspecified atom stereocenters. The van der Waals surface area contributed by atoms with Crippen molar-refractivity contribution >= 4 is 40.0 Å². The maximum absolute atomic E-state index is 12.3. The van der Waals surface area contributed by atoms with Gasteiger partial charge in [-0.25, -0.2) is 9.97 Å². The number of nitrogens with zero attached hydrogens (tertiary/aromatic N) is 3. The highest BCUT2D eigenvalue weighted by molar-refractivity contribution is 7.97. The van der Waals surface area contributed by atoms with Crippen molar-refractivity contribution in [1.29, 1.82) is 0 Å². The van der Waals surface area contributed by atoms with E-state index in [0.29, 0.717) is 22.1 Å². The molecule has 0 saturated carbocycles. The van der Waals surface area contributed by atoms with Crippen LogP contribution in [-0.4, -0.2) is 52.0 Å². The normalized spacial score (nSPS) is 10.5. The molecule has 0 aliphatic rings. The zero-order chi connectivity index (χ0) is 17.9. The van der Waals surface area contributed by atoms with Gasteiger partial charge in [-0.1, -0.05) is 11.3 Å². The monoisotopic (exact) mass is 367 g/mol. The Hall–Kier alpha value is -2.20. The molecule has 2 rings (SSSR count). The summed E-state index contributed by atoms with van der Waals surface area (Å²) in [5.74, 6) is 0.204. The number of aromatic nitrogens is 3. The summed E-state index contributed by atoms with van der Waals surface area (Å²) in [4.78, 5) is 48.7. The lowest BCUT2D eigenvalue weighted by atomic mass is 10.3. The first-order valence-corrected chi connectivity index (χ1v) is 9.12. The molecule has 0 radical (unpaired) electrons. The first-order valence-electron chi connectivity index (χ1n) is 6.91. The van der Waals surface area contributed by atoms with Gasteiger partial charge in [-0.15, -0.1) is 0 Å². The molecule has 0 bridgehead atoms. The van der Waals surface area contributed by atoms with Crippen LogP contribution < -0.4 is 10.9 Å². The molecule has 2 heterocycles. The lowest BCUT2D eigenvalue weighted by molar-refractivity contribution is 0.0831. The van der Waals surface area contributed by atoms with Gasteiger partial charge in [0.25, 0.3) is 17.4 Å². The van der Waals surface area contributed by atoms with Crippen molar-refractivity contribution in [1.82, 2.24) is 19.9 Å². The van der Waals surface area contributed by atoms with E-state index in [1.807, 2.05) is 6.26 Å². The fourth-order valence-electron chi connectivity index (χ4n) is 1.84. The van der Waals surface area contributed by atoms with E-state index in [4.69, 9.17) is 0 Å². The van der Waals surface area contributed by atoms with Gasteiger partial charge in [-0.2, -0.15) is 11.8 Å². The molecule has 2 N–H and O–H groups in total. The van der Waals surface area contributed by atoms with Crippen LogP contribution in [0, 0.1) is 6.92 Å². The van der Waals surface area contributed by atoms with Crippen LogP contribution in [0.15, 0.2) is 10.9 Å². The molecule has 0 atom stereocenters. The Morgan fingerprint density at radius 2 is 2.08 bits per heavy atom. The highest BCUT2D eigenvalue weighted by atomic mass is 32.2. The van der Waals surface area contributed by atoms with Crippen LogP contribution in [0.5, 0.6) is 0 Å². The zero-order valence-electron chi connectivity index (χ0n) is 13.7. The standard InChI is InChI=1S/C14H17N5O3S2/c1-7-11(13(22)19(2)3)24-14(15-7)18-12(21)8-5-10(20)17-9(16-8)6-23-4/h5H,6H2,1-4H3,(H,15,18,21)(H,16,17,20). The number of thiazole rings is 1. The second-order valence-corrected chi connectivity index (χ2v) is 6.96. The Bertz CT molecular complexity index is 828. The van der Waals surface area contributed by atoms with Gasteiger partial charge < -0.3 is 9.88 Å². The van der Waals surface area contributed by atoms with E-state index in [-0.39, 0.29) is 16.7 Å². The Labute approximate surface area is 146 Å². The van der Waals surface area contributed by atoms with E-state index < -0.39 is 11.5 Å². The Morgan fingerprint density at radius 1 is 1.38 bits per heavy atom. The van der Waals surface area contributed by atoms with Crippen LogP contribution >= 0.6 is 23.1 Å².